The van der Waals surface area contributed by atoms with Gasteiger partial charge in [-0.1, -0.05) is 18.5 Å². The fraction of sp³-hybridized carbons (Fsp3) is 0.417. The second-order valence-corrected chi connectivity index (χ2v) is 4.63. The number of carbonyl (C=O) groups excluding carboxylic acids is 1. The van der Waals surface area contributed by atoms with Gasteiger partial charge in [-0.15, -0.1) is 0 Å². The number of halogens is 2. The quantitative estimate of drug-likeness (QED) is 0.773. The first-order valence-electron chi connectivity index (χ1n) is 5.36. The standard InChI is InChI=1S/C12H14BrClO3/c1-3-10(12(15)16-4-2)17-11-6-5-8(14)7-9(11)13/h5-7,10H,3-4H2,1-2H3. The molecule has 0 saturated heterocycles. The summed E-state index contributed by atoms with van der Waals surface area (Å²) >= 11 is 9.15. The van der Waals surface area contributed by atoms with Gasteiger partial charge in [0.2, 0.25) is 0 Å². The lowest BCUT2D eigenvalue weighted by Crippen LogP contribution is -2.28. The van der Waals surface area contributed by atoms with Gasteiger partial charge in [-0.3, -0.25) is 0 Å². The summed E-state index contributed by atoms with van der Waals surface area (Å²) < 4.78 is 11.2. The van der Waals surface area contributed by atoms with Crippen LogP contribution in [-0.4, -0.2) is 18.7 Å². The number of hydrogen-bond donors (Lipinski definition) is 0. The van der Waals surface area contributed by atoms with Crippen molar-refractivity contribution in [2.75, 3.05) is 6.61 Å². The molecule has 94 valence electrons. The van der Waals surface area contributed by atoms with Gasteiger partial charge in [-0.25, -0.2) is 4.79 Å². The van der Waals surface area contributed by atoms with Crippen molar-refractivity contribution in [3.63, 3.8) is 0 Å². The number of hydrogen-bond acceptors (Lipinski definition) is 3. The van der Waals surface area contributed by atoms with E-state index in [1.54, 1.807) is 25.1 Å². The Labute approximate surface area is 114 Å². The van der Waals surface area contributed by atoms with Crippen LogP contribution in [0, 0.1) is 0 Å². The van der Waals surface area contributed by atoms with Crippen molar-refractivity contribution in [3.05, 3.63) is 27.7 Å². The predicted octanol–water partition coefficient (Wildman–Crippen LogP) is 3.82. The van der Waals surface area contributed by atoms with Crippen molar-refractivity contribution >= 4 is 33.5 Å². The minimum Gasteiger partial charge on any atom is -0.478 e. The number of carbonyl (C=O) groups is 1. The minimum atomic E-state index is -0.590. The van der Waals surface area contributed by atoms with Gasteiger partial charge in [-0.2, -0.15) is 0 Å². The molecule has 1 rings (SSSR count). The zero-order valence-corrected chi connectivity index (χ0v) is 12.0. The second kappa shape index (κ2) is 6.87. The normalized spacial score (nSPS) is 12.0. The zero-order valence-electron chi connectivity index (χ0n) is 9.70. The van der Waals surface area contributed by atoms with E-state index in [0.29, 0.717) is 28.3 Å². The first-order chi connectivity index (χ1) is 8.08. The maximum atomic E-state index is 11.6. The summed E-state index contributed by atoms with van der Waals surface area (Å²) in [5.41, 5.74) is 0. The molecule has 0 aliphatic rings. The summed E-state index contributed by atoms with van der Waals surface area (Å²) in [4.78, 5) is 11.6. The summed E-state index contributed by atoms with van der Waals surface area (Å²) in [6, 6.07) is 5.14. The molecule has 17 heavy (non-hydrogen) atoms. The predicted molar refractivity (Wildman–Crippen MR) is 70.5 cm³/mol. The Morgan fingerprint density at radius 2 is 2.18 bits per heavy atom. The molecule has 0 heterocycles. The summed E-state index contributed by atoms with van der Waals surface area (Å²) in [6.45, 7) is 3.98. The first kappa shape index (κ1) is 14.3. The third kappa shape index (κ3) is 4.21. The highest BCUT2D eigenvalue weighted by molar-refractivity contribution is 9.10. The number of esters is 1. The van der Waals surface area contributed by atoms with Crippen LogP contribution in [0.3, 0.4) is 0 Å². The van der Waals surface area contributed by atoms with Gasteiger partial charge in [0.1, 0.15) is 5.75 Å². The molecule has 0 aromatic heterocycles. The van der Waals surface area contributed by atoms with Crippen LogP contribution in [0.15, 0.2) is 22.7 Å². The van der Waals surface area contributed by atoms with Crippen LogP contribution in [0.25, 0.3) is 0 Å². The molecule has 0 fully saturated rings. The van der Waals surface area contributed by atoms with Crippen molar-refractivity contribution < 1.29 is 14.3 Å². The van der Waals surface area contributed by atoms with Crippen LogP contribution in [0.2, 0.25) is 5.02 Å². The molecule has 0 spiro atoms. The molecule has 0 radical (unpaired) electrons. The van der Waals surface area contributed by atoms with Crippen molar-refractivity contribution in [2.24, 2.45) is 0 Å². The molecule has 0 N–H and O–H groups in total. The van der Waals surface area contributed by atoms with Gasteiger partial charge in [-0.05, 0) is 47.5 Å². The van der Waals surface area contributed by atoms with Crippen molar-refractivity contribution in [1.82, 2.24) is 0 Å². The van der Waals surface area contributed by atoms with E-state index in [1.165, 1.54) is 0 Å². The van der Waals surface area contributed by atoms with Crippen LogP contribution in [-0.2, 0) is 9.53 Å². The molecule has 0 bridgehead atoms. The maximum Gasteiger partial charge on any atom is 0.347 e. The Bertz CT molecular complexity index is 395. The molecule has 0 aliphatic carbocycles. The monoisotopic (exact) mass is 320 g/mol. The summed E-state index contributed by atoms with van der Waals surface area (Å²) in [6.07, 6.45) is -0.0408. The van der Waals surface area contributed by atoms with E-state index in [2.05, 4.69) is 15.9 Å². The van der Waals surface area contributed by atoms with Crippen molar-refractivity contribution in [3.8, 4) is 5.75 Å². The maximum absolute atomic E-state index is 11.6. The molecule has 5 heteroatoms. The van der Waals surface area contributed by atoms with E-state index in [0.717, 1.165) is 0 Å². The van der Waals surface area contributed by atoms with E-state index >= 15 is 0 Å². The first-order valence-corrected chi connectivity index (χ1v) is 6.53. The Morgan fingerprint density at radius 1 is 1.47 bits per heavy atom. The summed E-state index contributed by atoms with van der Waals surface area (Å²) in [5, 5.41) is 0.605. The third-order valence-corrected chi connectivity index (χ3v) is 2.94. The highest BCUT2D eigenvalue weighted by atomic mass is 79.9. The lowest BCUT2D eigenvalue weighted by molar-refractivity contribution is -0.151. The summed E-state index contributed by atoms with van der Waals surface area (Å²) in [5.74, 6) is 0.228. The fourth-order valence-electron chi connectivity index (χ4n) is 1.26. The molecule has 0 aliphatic heterocycles. The smallest absolute Gasteiger partial charge is 0.347 e. The highest BCUT2D eigenvalue weighted by Gasteiger charge is 2.20. The highest BCUT2D eigenvalue weighted by Crippen LogP contribution is 2.29. The van der Waals surface area contributed by atoms with E-state index in [-0.39, 0.29) is 5.97 Å². The van der Waals surface area contributed by atoms with Gasteiger partial charge in [0, 0.05) is 5.02 Å². The van der Waals surface area contributed by atoms with E-state index in [4.69, 9.17) is 21.1 Å². The number of benzene rings is 1. The van der Waals surface area contributed by atoms with E-state index in [1.807, 2.05) is 6.92 Å². The van der Waals surface area contributed by atoms with Crippen LogP contribution >= 0.6 is 27.5 Å². The van der Waals surface area contributed by atoms with Crippen LogP contribution in [0.1, 0.15) is 20.3 Å². The van der Waals surface area contributed by atoms with Gasteiger partial charge in [0.15, 0.2) is 6.10 Å². The lowest BCUT2D eigenvalue weighted by atomic mass is 10.2. The molecular formula is C12H14BrClO3. The van der Waals surface area contributed by atoms with Gasteiger partial charge >= 0.3 is 5.97 Å². The largest absolute Gasteiger partial charge is 0.478 e. The Hall–Kier alpha value is -0.740. The van der Waals surface area contributed by atoms with Crippen LogP contribution in [0.5, 0.6) is 5.75 Å². The van der Waals surface area contributed by atoms with E-state index in [9.17, 15) is 4.79 Å². The number of ether oxygens (including phenoxy) is 2. The SMILES string of the molecule is CCOC(=O)C(CC)Oc1ccc(Cl)cc1Br. The third-order valence-electron chi connectivity index (χ3n) is 2.08. The Balaban J connectivity index is 2.77. The molecule has 1 aromatic carbocycles. The molecule has 1 atom stereocenters. The average molecular weight is 322 g/mol. The molecule has 1 unspecified atom stereocenters. The zero-order chi connectivity index (χ0) is 12.8. The topological polar surface area (TPSA) is 35.5 Å². The second-order valence-electron chi connectivity index (χ2n) is 3.34. The van der Waals surface area contributed by atoms with Crippen LogP contribution in [0.4, 0.5) is 0 Å². The van der Waals surface area contributed by atoms with Crippen molar-refractivity contribution in [2.45, 2.75) is 26.4 Å². The fourth-order valence-corrected chi connectivity index (χ4v) is 2.03. The van der Waals surface area contributed by atoms with Gasteiger partial charge < -0.3 is 9.47 Å². The Morgan fingerprint density at radius 3 is 2.71 bits per heavy atom. The molecule has 0 saturated carbocycles. The van der Waals surface area contributed by atoms with E-state index < -0.39 is 6.10 Å². The van der Waals surface area contributed by atoms with Crippen LogP contribution < -0.4 is 4.74 Å². The minimum absolute atomic E-state index is 0.348. The van der Waals surface area contributed by atoms with Gasteiger partial charge in [0.05, 0.1) is 11.1 Å². The average Bonchev–Trinajstić information content (AvgIpc) is 2.28. The van der Waals surface area contributed by atoms with Crippen molar-refractivity contribution in [1.29, 1.82) is 0 Å². The summed E-state index contributed by atoms with van der Waals surface area (Å²) in [7, 11) is 0. The molecule has 0 amide bonds. The molecule has 1 aromatic rings. The lowest BCUT2D eigenvalue weighted by Gasteiger charge is -2.16. The number of rotatable bonds is 5. The Kier molecular flexibility index (Phi) is 5.78. The molecular weight excluding hydrogens is 307 g/mol. The van der Waals surface area contributed by atoms with Gasteiger partial charge in [0.25, 0.3) is 0 Å². The molecule has 3 nitrogen and oxygen atoms in total.